The highest BCUT2D eigenvalue weighted by atomic mass is 16.6. The third-order valence-corrected chi connectivity index (χ3v) is 3.91. The standard InChI is InChI=1S/C20H14N2O6/c1-12(23)13-4-6-14(7-5-13)15-8-9-17(27-15)20(24)26-11-18-21-22-19(28-18)16-3-2-10-25-16/h2-10H,11H2,1H3. The second kappa shape index (κ2) is 7.36. The highest BCUT2D eigenvalue weighted by Crippen LogP contribution is 2.24. The molecule has 8 nitrogen and oxygen atoms in total. The van der Waals surface area contributed by atoms with Crippen molar-refractivity contribution in [3.8, 4) is 23.0 Å². The van der Waals surface area contributed by atoms with Crippen molar-refractivity contribution in [1.29, 1.82) is 0 Å². The summed E-state index contributed by atoms with van der Waals surface area (Å²) in [6, 6.07) is 13.4. The number of ether oxygens (including phenoxy) is 1. The number of Topliss-reactive ketones (excluding diaryl/α,β-unsaturated/α-hetero) is 1. The predicted molar refractivity (Wildman–Crippen MR) is 95.3 cm³/mol. The monoisotopic (exact) mass is 378 g/mol. The number of carbonyl (C=O) groups excluding carboxylic acids is 2. The van der Waals surface area contributed by atoms with Crippen LogP contribution in [0.3, 0.4) is 0 Å². The molecule has 8 heteroatoms. The number of nitrogens with zero attached hydrogens (tertiary/aromatic N) is 2. The van der Waals surface area contributed by atoms with E-state index >= 15 is 0 Å². The molecule has 0 saturated heterocycles. The van der Waals surface area contributed by atoms with Gasteiger partial charge in [0.05, 0.1) is 6.26 Å². The van der Waals surface area contributed by atoms with E-state index in [9.17, 15) is 9.59 Å². The van der Waals surface area contributed by atoms with Crippen molar-refractivity contribution in [2.75, 3.05) is 0 Å². The van der Waals surface area contributed by atoms with E-state index in [0.717, 1.165) is 5.56 Å². The number of ketones is 1. The third-order valence-electron chi connectivity index (χ3n) is 3.91. The second-order valence-corrected chi connectivity index (χ2v) is 5.85. The minimum absolute atomic E-state index is 0.0218. The van der Waals surface area contributed by atoms with Gasteiger partial charge in [-0.15, -0.1) is 10.2 Å². The summed E-state index contributed by atoms with van der Waals surface area (Å²) in [4.78, 5) is 23.5. The van der Waals surface area contributed by atoms with Crippen molar-refractivity contribution in [3.63, 3.8) is 0 Å². The molecule has 3 heterocycles. The van der Waals surface area contributed by atoms with E-state index in [1.807, 2.05) is 0 Å². The van der Waals surface area contributed by atoms with E-state index in [4.69, 9.17) is 18.0 Å². The summed E-state index contributed by atoms with van der Waals surface area (Å²) in [7, 11) is 0. The van der Waals surface area contributed by atoms with Crippen molar-refractivity contribution in [1.82, 2.24) is 10.2 Å². The summed E-state index contributed by atoms with van der Waals surface area (Å²) in [5, 5.41) is 7.62. The number of furan rings is 2. The molecule has 0 fully saturated rings. The molecule has 0 unspecified atom stereocenters. The van der Waals surface area contributed by atoms with Gasteiger partial charge >= 0.3 is 5.97 Å². The van der Waals surface area contributed by atoms with Crippen LogP contribution in [0.25, 0.3) is 23.0 Å². The number of hydrogen-bond acceptors (Lipinski definition) is 8. The maximum atomic E-state index is 12.2. The van der Waals surface area contributed by atoms with Crippen LogP contribution in [-0.4, -0.2) is 21.9 Å². The fraction of sp³-hybridized carbons (Fsp3) is 0.100. The van der Waals surface area contributed by atoms with Gasteiger partial charge in [-0.25, -0.2) is 4.79 Å². The second-order valence-electron chi connectivity index (χ2n) is 5.85. The lowest BCUT2D eigenvalue weighted by Gasteiger charge is -2.00. The first-order chi connectivity index (χ1) is 13.6. The number of aromatic nitrogens is 2. The lowest BCUT2D eigenvalue weighted by molar-refractivity contribution is 0.0403. The van der Waals surface area contributed by atoms with Crippen LogP contribution in [0, 0.1) is 0 Å². The minimum Gasteiger partial charge on any atom is -0.459 e. The number of carbonyl (C=O) groups is 2. The first kappa shape index (κ1) is 17.5. The molecule has 0 spiro atoms. The van der Waals surface area contributed by atoms with Crippen molar-refractivity contribution < 1.29 is 27.6 Å². The molecule has 4 rings (SSSR count). The third kappa shape index (κ3) is 3.61. The zero-order valence-corrected chi connectivity index (χ0v) is 14.7. The highest BCUT2D eigenvalue weighted by Gasteiger charge is 2.17. The molecule has 0 radical (unpaired) electrons. The van der Waals surface area contributed by atoms with Crippen LogP contribution in [0.5, 0.6) is 0 Å². The quantitative estimate of drug-likeness (QED) is 0.364. The smallest absolute Gasteiger partial charge is 0.374 e. The molecule has 3 aromatic heterocycles. The molecule has 4 aromatic rings. The van der Waals surface area contributed by atoms with Gasteiger partial charge in [0.1, 0.15) is 5.76 Å². The molecule has 0 bridgehead atoms. The van der Waals surface area contributed by atoms with Crippen LogP contribution < -0.4 is 0 Å². The molecule has 0 aliphatic heterocycles. The van der Waals surface area contributed by atoms with E-state index in [0.29, 0.717) is 17.1 Å². The molecule has 0 aliphatic carbocycles. The van der Waals surface area contributed by atoms with Gasteiger partial charge in [0, 0.05) is 11.1 Å². The van der Waals surface area contributed by atoms with Crippen molar-refractivity contribution >= 4 is 11.8 Å². The van der Waals surface area contributed by atoms with Crippen LogP contribution in [0.2, 0.25) is 0 Å². The van der Waals surface area contributed by atoms with Crippen molar-refractivity contribution in [2.24, 2.45) is 0 Å². The van der Waals surface area contributed by atoms with E-state index in [-0.39, 0.29) is 29.9 Å². The average Bonchev–Trinajstić information content (AvgIpc) is 3.47. The summed E-state index contributed by atoms with van der Waals surface area (Å²) in [6.45, 7) is 1.30. The predicted octanol–water partition coefficient (Wildman–Crippen LogP) is 4.15. The lowest BCUT2D eigenvalue weighted by Crippen LogP contribution is -2.04. The molecule has 28 heavy (non-hydrogen) atoms. The first-order valence-corrected chi connectivity index (χ1v) is 8.35. The van der Waals surface area contributed by atoms with E-state index in [2.05, 4.69) is 10.2 Å². The highest BCUT2D eigenvalue weighted by molar-refractivity contribution is 5.94. The summed E-state index contributed by atoms with van der Waals surface area (Å²) >= 11 is 0. The van der Waals surface area contributed by atoms with Gasteiger partial charge in [-0.2, -0.15) is 0 Å². The molecule has 0 amide bonds. The Morgan fingerprint density at radius 3 is 2.50 bits per heavy atom. The number of rotatable bonds is 6. The zero-order valence-electron chi connectivity index (χ0n) is 14.7. The van der Waals surface area contributed by atoms with Gasteiger partial charge in [-0.1, -0.05) is 24.3 Å². The summed E-state index contributed by atoms with van der Waals surface area (Å²) < 4.78 is 21.2. The normalized spacial score (nSPS) is 10.8. The van der Waals surface area contributed by atoms with Gasteiger partial charge in [0.2, 0.25) is 5.76 Å². The molecule has 140 valence electrons. The minimum atomic E-state index is -0.663. The van der Waals surface area contributed by atoms with Crippen LogP contribution in [0.1, 0.15) is 33.7 Å². The van der Waals surface area contributed by atoms with E-state index in [1.165, 1.54) is 19.3 Å². The Kier molecular flexibility index (Phi) is 4.59. The average molecular weight is 378 g/mol. The zero-order chi connectivity index (χ0) is 19.5. The number of esters is 1. The maximum absolute atomic E-state index is 12.2. The Morgan fingerprint density at radius 1 is 0.964 bits per heavy atom. The van der Waals surface area contributed by atoms with E-state index in [1.54, 1.807) is 42.5 Å². The van der Waals surface area contributed by atoms with Crippen LogP contribution in [0.15, 0.2) is 68.0 Å². The molecular formula is C20H14N2O6. The Labute approximate surface area is 158 Å². The molecule has 0 atom stereocenters. The fourth-order valence-electron chi connectivity index (χ4n) is 2.48. The Morgan fingerprint density at radius 2 is 1.79 bits per heavy atom. The van der Waals surface area contributed by atoms with Crippen LogP contribution >= 0.6 is 0 Å². The molecular weight excluding hydrogens is 364 g/mol. The molecule has 0 aliphatic rings. The van der Waals surface area contributed by atoms with Crippen LogP contribution in [0.4, 0.5) is 0 Å². The largest absolute Gasteiger partial charge is 0.459 e. The fourth-order valence-corrected chi connectivity index (χ4v) is 2.48. The van der Waals surface area contributed by atoms with Crippen LogP contribution in [-0.2, 0) is 11.3 Å². The SMILES string of the molecule is CC(=O)c1ccc(-c2ccc(C(=O)OCc3nnc(-c4ccco4)o3)o2)cc1. The summed E-state index contributed by atoms with van der Waals surface area (Å²) in [5.74, 6) is 0.598. The summed E-state index contributed by atoms with van der Waals surface area (Å²) in [6.07, 6.45) is 1.49. The number of hydrogen-bond donors (Lipinski definition) is 0. The first-order valence-electron chi connectivity index (χ1n) is 8.35. The molecule has 1 aromatic carbocycles. The van der Waals surface area contributed by atoms with Gasteiger partial charge in [-0.3, -0.25) is 4.79 Å². The molecule has 0 saturated carbocycles. The van der Waals surface area contributed by atoms with Crippen molar-refractivity contribution in [3.05, 3.63) is 72.0 Å². The van der Waals surface area contributed by atoms with Gasteiger partial charge in [0.15, 0.2) is 18.2 Å². The molecule has 0 N–H and O–H groups in total. The van der Waals surface area contributed by atoms with E-state index < -0.39 is 5.97 Å². The Bertz CT molecular complexity index is 1110. The van der Waals surface area contributed by atoms with Gasteiger partial charge in [0.25, 0.3) is 11.8 Å². The maximum Gasteiger partial charge on any atom is 0.374 e. The van der Waals surface area contributed by atoms with Gasteiger partial charge < -0.3 is 18.0 Å². The topological polar surface area (TPSA) is 109 Å². The number of benzene rings is 1. The Hall–Kier alpha value is -3.94. The lowest BCUT2D eigenvalue weighted by atomic mass is 10.1. The Balaban J connectivity index is 1.40. The van der Waals surface area contributed by atoms with Gasteiger partial charge in [-0.05, 0) is 31.2 Å². The van der Waals surface area contributed by atoms with Crippen molar-refractivity contribution in [2.45, 2.75) is 13.5 Å². The summed E-state index contributed by atoms with van der Waals surface area (Å²) in [5.41, 5.74) is 1.34.